The summed E-state index contributed by atoms with van der Waals surface area (Å²) in [5.74, 6) is -0.241. The van der Waals surface area contributed by atoms with E-state index in [1.54, 1.807) is 24.3 Å². The van der Waals surface area contributed by atoms with E-state index in [1.165, 1.54) is 19.3 Å². The molecule has 0 spiro atoms. The minimum atomic E-state index is -0.241. The molecule has 1 aliphatic carbocycles. The van der Waals surface area contributed by atoms with Crippen LogP contribution in [-0.2, 0) is 11.3 Å². The van der Waals surface area contributed by atoms with Crippen molar-refractivity contribution >= 4 is 5.97 Å². The van der Waals surface area contributed by atoms with Gasteiger partial charge in [0.25, 0.3) is 0 Å². The standard InChI is InChI=1S/C16H22O3/c17-12-13-8-10-14(11-9-13)16(18)19-15-6-4-2-1-3-5-7-15/h8-11,15,17H,1-7,12H2. The minimum absolute atomic E-state index is 0.00203. The second-order valence-electron chi connectivity index (χ2n) is 5.23. The Balaban J connectivity index is 1.91. The highest BCUT2D eigenvalue weighted by Crippen LogP contribution is 2.20. The van der Waals surface area contributed by atoms with Gasteiger partial charge in [0.1, 0.15) is 6.10 Å². The first-order valence-corrected chi connectivity index (χ1v) is 7.20. The molecule has 0 heterocycles. The van der Waals surface area contributed by atoms with Crippen molar-refractivity contribution in [3.63, 3.8) is 0 Å². The van der Waals surface area contributed by atoms with E-state index in [0.717, 1.165) is 31.2 Å². The summed E-state index contributed by atoms with van der Waals surface area (Å²) in [7, 11) is 0. The molecule has 0 saturated heterocycles. The fraction of sp³-hybridized carbons (Fsp3) is 0.562. The molecule has 1 aromatic carbocycles. The summed E-state index contributed by atoms with van der Waals surface area (Å²) in [6, 6.07) is 6.96. The van der Waals surface area contributed by atoms with Gasteiger partial charge in [0.05, 0.1) is 12.2 Å². The molecule has 0 aliphatic heterocycles. The summed E-state index contributed by atoms with van der Waals surface area (Å²) in [5.41, 5.74) is 1.38. The Morgan fingerprint density at radius 2 is 1.63 bits per heavy atom. The van der Waals surface area contributed by atoms with Crippen LogP contribution in [0.25, 0.3) is 0 Å². The van der Waals surface area contributed by atoms with E-state index in [9.17, 15) is 4.79 Å². The van der Waals surface area contributed by atoms with Crippen LogP contribution in [0.2, 0.25) is 0 Å². The Morgan fingerprint density at radius 1 is 1.05 bits per heavy atom. The van der Waals surface area contributed by atoms with Gasteiger partial charge in [-0.1, -0.05) is 31.4 Å². The van der Waals surface area contributed by atoms with Crippen LogP contribution in [0.3, 0.4) is 0 Å². The lowest BCUT2D eigenvalue weighted by Gasteiger charge is -2.20. The van der Waals surface area contributed by atoms with Gasteiger partial charge < -0.3 is 9.84 Å². The molecule has 1 fully saturated rings. The van der Waals surface area contributed by atoms with Gasteiger partial charge in [0.15, 0.2) is 0 Å². The fourth-order valence-electron chi connectivity index (χ4n) is 2.50. The second kappa shape index (κ2) is 7.29. The molecular formula is C16H22O3. The van der Waals surface area contributed by atoms with Crippen LogP contribution >= 0.6 is 0 Å². The van der Waals surface area contributed by atoms with Gasteiger partial charge in [-0.15, -0.1) is 0 Å². The van der Waals surface area contributed by atoms with E-state index in [0.29, 0.717) is 5.56 Å². The first-order valence-electron chi connectivity index (χ1n) is 7.20. The highest BCUT2D eigenvalue weighted by molar-refractivity contribution is 5.89. The van der Waals surface area contributed by atoms with Gasteiger partial charge in [0, 0.05) is 0 Å². The van der Waals surface area contributed by atoms with Gasteiger partial charge in [-0.05, 0) is 43.4 Å². The maximum absolute atomic E-state index is 12.0. The quantitative estimate of drug-likeness (QED) is 0.849. The third kappa shape index (κ3) is 4.35. The molecular weight excluding hydrogens is 240 g/mol. The molecule has 0 amide bonds. The Kier molecular flexibility index (Phi) is 5.40. The zero-order chi connectivity index (χ0) is 13.5. The van der Waals surface area contributed by atoms with Gasteiger partial charge in [0.2, 0.25) is 0 Å². The van der Waals surface area contributed by atoms with Crippen LogP contribution in [-0.4, -0.2) is 17.2 Å². The van der Waals surface area contributed by atoms with Crippen LogP contribution < -0.4 is 0 Å². The van der Waals surface area contributed by atoms with Crippen LogP contribution in [0.1, 0.15) is 60.9 Å². The fourth-order valence-corrected chi connectivity index (χ4v) is 2.50. The van der Waals surface area contributed by atoms with E-state index < -0.39 is 0 Å². The summed E-state index contributed by atoms with van der Waals surface area (Å²) in [5, 5.41) is 8.97. The molecule has 3 nitrogen and oxygen atoms in total. The van der Waals surface area contributed by atoms with E-state index in [2.05, 4.69) is 0 Å². The Hall–Kier alpha value is -1.35. The van der Waals surface area contributed by atoms with Crippen molar-refractivity contribution in [3.8, 4) is 0 Å². The van der Waals surface area contributed by atoms with E-state index >= 15 is 0 Å². The molecule has 104 valence electrons. The Labute approximate surface area is 114 Å². The zero-order valence-corrected chi connectivity index (χ0v) is 11.3. The molecule has 19 heavy (non-hydrogen) atoms. The number of esters is 1. The predicted octanol–water partition coefficient (Wildman–Crippen LogP) is 3.45. The molecule has 0 radical (unpaired) electrons. The highest BCUT2D eigenvalue weighted by atomic mass is 16.5. The maximum Gasteiger partial charge on any atom is 0.338 e. The Bertz CT molecular complexity index is 389. The monoisotopic (exact) mass is 262 g/mol. The molecule has 3 heteroatoms. The number of carbonyl (C=O) groups is 1. The summed E-state index contributed by atoms with van der Waals surface area (Å²) in [6.45, 7) is -0.00203. The van der Waals surface area contributed by atoms with Crippen molar-refractivity contribution in [1.29, 1.82) is 0 Å². The largest absolute Gasteiger partial charge is 0.459 e. The first-order chi connectivity index (χ1) is 9.29. The van der Waals surface area contributed by atoms with E-state index in [4.69, 9.17) is 9.84 Å². The summed E-state index contributed by atoms with van der Waals surface area (Å²) in [6.07, 6.45) is 8.16. The van der Waals surface area contributed by atoms with Crippen molar-refractivity contribution in [3.05, 3.63) is 35.4 Å². The molecule has 0 unspecified atom stereocenters. The van der Waals surface area contributed by atoms with E-state index in [1.807, 2.05) is 0 Å². The number of hydrogen-bond acceptors (Lipinski definition) is 3. The number of rotatable bonds is 3. The van der Waals surface area contributed by atoms with Gasteiger partial charge >= 0.3 is 5.97 Å². The van der Waals surface area contributed by atoms with Crippen LogP contribution in [0, 0.1) is 0 Å². The first kappa shape index (κ1) is 14.1. The van der Waals surface area contributed by atoms with Crippen molar-refractivity contribution in [2.45, 2.75) is 57.7 Å². The lowest BCUT2D eigenvalue weighted by atomic mass is 9.98. The third-order valence-electron chi connectivity index (χ3n) is 3.70. The molecule has 0 atom stereocenters. The lowest BCUT2D eigenvalue weighted by molar-refractivity contribution is 0.0239. The number of aliphatic hydroxyl groups is 1. The third-order valence-corrected chi connectivity index (χ3v) is 3.70. The average Bonchev–Trinajstić information content (AvgIpc) is 2.41. The number of benzene rings is 1. The topological polar surface area (TPSA) is 46.5 Å². The van der Waals surface area contributed by atoms with Crippen LogP contribution in [0.4, 0.5) is 0 Å². The van der Waals surface area contributed by atoms with Crippen molar-refractivity contribution in [2.75, 3.05) is 0 Å². The minimum Gasteiger partial charge on any atom is -0.459 e. The summed E-state index contributed by atoms with van der Waals surface area (Å²) in [4.78, 5) is 12.0. The number of aliphatic hydroxyl groups excluding tert-OH is 1. The Morgan fingerprint density at radius 3 is 2.21 bits per heavy atom. The molecule has 0 aromatic heterocycles. The molecule has 1 aromatic rings. The smallest absolute Gasteiger partial charge is 0.338 e. The zero-order valence-electron chi connectivity index (χ0n) is 11.3. The molecule has 1 N–H and O–H groups in total. The van der Waals surface area contributed by atoms with Crippen LogP contribution in [0.5, 0.6) is 0 Å². The van der Waals surface area contributed by atoms with Crippen molar-refractivity contribution in [2.24, 2.45) is 0 Å². The maximum atomic E-state index is 12.0. The normalized spacial score (nSPS) is 17.5. The number of hydrogen-bond donors (Lipinski definition) is 1. The highest BCUT2D eigenvalue weighted by Gasteiger charge is 2.17. The van der Waals surface area contributed by atoms with Crippen LogP contribution in [0.15, 0.2) is 24.3 Å². The van der Waals surface area contributed by atoms with E-state index in [-0.39, 0.29) is 18.7 Å². The van der Waals surface area contributed by atoms with Gasteiger partial charge in [-0.25, -0.2) is 4.79 Å². The second-order valence-corrected chi connectivity index (χ2v) is 5.23. The molecule has 2 rings (SSSR count). The molecule has 0 bridgehead atoms. The SMILES string of the molecule is O=C(OC1CCCCCCC1)c1ccc(CO)cc1. The lowest BCUT2D eigenvalue weighted by Crippen LogP contribution is -2.19. The number of ether oxygens (including phenoxy) is 1. The summed E-state index contributed by atoms with van der Waals surface area (Å²) < 4.78 is 5.58. The average molecular weight is 262 g/mol. The van der Waals surface area contributed by atoms with Gasteiger partial charge in [-0.2, -0.15) is 0 Å². The van der Waals surface area contributed by atoms with Gasteiger partial charge in [-0.3, -0.25) is 0 Å². The summed E-state index contributed by atoms with van der Waals surface area (Å²) >= 11 is 0. The molecule has 1 aliphatic rings. The van der Waals surface area contributed by atoms with Crippen molar-refractivity contribution < 1.29 is 14.6 Å². The van der Waals surface area contributed by atoms with Crippen molar-refractivity contribution in [1.82, 2.24) is 0 Å². The predicted molar refractivity (Wildman–Crippen MR) is 73.9 cm³/mol. The number of carbonyl (C=O) groups excluding carboxylic acids is 1. The molecule has 1 saturated carbocycles.